The van der Waals surface area contributed by atoms with E-state index in [1.807, 2.05) is 0 Å². The molecule has 1 heterocycles. The minimum absolute atomic E-state index is 0.335. The summed E-state index contributed by atoms with van der Waals surface area (Å²) in [7, 11) is 1.36. The van der Waals surface area contributed by atoms with Crippen LogP contribution in [0.5, 0.6) is 0 Å². The fraction of sp³-hybridized carbons (Fsp3) is 0.889. The number of methoxy groups -OCH3 is 1. The van der Waals surface area contributed by atoms with Crippen LogP contribution in [0.4, 0.5) is 0 Å². The van der Waals surface area contributed by atoms with E-state index < -0.39 is 6.04 Å². The Morgan fingerprint density at radius 2 is 2.21 bits per heavy atom. The van der Waals surface area contributed by atoms with Gasteiger partial charge in [0.15, 0.2) is 0 Å². The van der Waals surface area contributed by atoms with Crippen LogP contribution in [0.25, 0.3) is 0 Å². The van der Waals surface area contributed by atoms with E-state index in [2.05, 4.69) is 9.64 Å². The van der Waals surface area contributed by atoms with E-state index in [9.17, 15) is 4.79 Å². The number of morpholine rings is 1. The van der Waals surface area contributed by atoms with Crippen molar-refractivity contribution in [1.82, 2.24) is 4.90 Å². The van der Waals surface area contributed by atoms with E-state index in [0.717, 1.165) is 32.8 Å². The van der Waals surface area contributed by atoms with Gasteiger partial charge >= 0.3 is 5.97 Å². The molecule has 0 amide bonds. The Morgan fingerprint density at radius 3 is 2.79 bits per heavy atom. The lowest BCUT2D eigenvalue weighted by atomic mass is 10.2. The number of carbonyl (C=O) groups is 1. The Morgan fingerprint density at radius 1 is 1.57 bits per heavy atom. The molecule has 5 nitrogen and oxygen atoms in total. The molecule has 0 aliphatic carbocycles. The highest BCUT2D eigenvalue weighted by molar-refractivity contribution is 5.75. The summed E-state index contributed by atoms with van der Waals surface area (Å²) < 4.78 is 9.76. The number of ether oxygens (including phenoxy) is 2. The highest BCUT2D eigenvalue weighted by Crippen LogP contribution is 2.00. The van der Waals surface area contributed by atoms with E-state index >= 15 is 0 Å². The Balaban J connectivity index is 2.15. The largest absolute Gasteiger partial charge is 0.468 e. The molecular weight excluding hydrogens is 184 g/mol. The van der Waals surface area contributed by atoms with Crippen LogP contribution in [0.1, 0.15) is 6.42 Å². The third-order valence-corrected chi connectivity index (χ3v) is 2.36. The maximum absolute atomic E-state index is 11.0. The zero-order chi connectivity index (χ0) is 10.4. The lowest BCUT2D eigenvalue weighted by molar-refractivity contribution is -0.142. The zero-order valence-corrected chi connectivity index (χ0v) is 8.57. The molecular formula is C9H18N2O3. The first kappa shape index (κ1) is 11.4. The van der Waals surface area contributed by atoms with Crippen molar-refractivity contribution < 1.29 is 14.3 Å². The fourth-order valence-electron chi connectivity index (χ4n) is 1.42. The third-order valence-electron chi connectivity index (χ3n) is 2.36. The Bertz CT molecular complexity index is 181. The average Bonchev–Trinajstić information content (AvgIpc) is 2.26. The quantitative estimate of drug-likeness (QED) is 0.605. The van der Waals surface area contributed by atoms with Crippen molar-refractivity contribution in [3.8, 4) is 0 Å². The molecule has 1 atom stereocenters. The molecule has 0 saturated carbocycles. The highest BCUT2D eigenvalue weighted by Gasteiger charge is 2.16. The van der Waals surface area contributed by atoms with Crippen LogP contribution >= 0.6 is 0 Å². The van der Waals surface area contributed by atoms with Crippen molar-refractivity contribution >= 4 is 5.97 Å². The standard InChI is InChI=1S/C9H18N2O3/c1-13-9(12)8(10)2-3-11-4-6-14-7-5-11/h8H,2-7,10H2,1H3/t8-/m0/s1. The molecule has 2 N–H and O–H groups in total. The van der Waals surface area contributed by atoms with Gasteiger partial charge in [0.2, 0.25) is 0 Å². The van der Waals surface area contributed by atoms with Gasteiger partial charge < -0.3 is 15.2 Å². The molecule has 5 heteroatoms. The zero-order valence-electron chi connectivity index (χ0n) is 8.57. The summed E-state index contributed by atoms with van der Waals surface area (Å²) in [6, 6.07) is -0.497. The molecule has 0 aromatic heterocycles. The molecule has 0 bridgehead atoms. The van der Waals surface area contributed by atoms with E-state index in [1.54, 1.807) is 0 Å². The van der Waals surface area contributed by atoms with Crippen molar-refractivity contribution in [1.29, 1.82) is 0 Å². The van der Waals surface area contributed by atoms with Crippen LogP contribution in [-0.4, -0.2) is 56.9 Å². The number of carbonyl (C=O) groups excluding carboxylic acids is 1. The Hall–Kier alpha value is -0.650. The van der Waals surface area contributed by atoms with Crippen molar-refractivity contribution in [3.63, 3.8) is 0 Å². The van der Waals surface area contributed by atoms with Gasteiger partial charge in [-0.05, 0) is 6.42 Å². The minimum Gasteiger partial charge on any atom is -0.468 e. The van der Waals surface area contributed by atoms with Gasteiger partial charge in [-0.15, -0.1) is 0 Å². The SMILES string of the molecule is COC(=O)[C@@H](N)CCN1CCOCC1. The van der Waals surface area contributed by atoms with Crippen LogP contribution in [0.15, 0.2) is 0 Å². The van der Waals surface area contributed by atoms with E-state index in [4.69, 9.17) is 10.5 Å². The molecule has 1 rings (SSSR count). The number of hydrogen-bond donors (Lipinski definition) is 1. The topological polar surface area (TPSA) is 64.8 Å². The first-order valence-electron chi connectivity index (χ1n) is 4.87. The van der Waals surface area contributed by atoms with E-state index in [0.29, 0.717) is 6.42 Å². The van der Waals surface area contributed by atoms with Gasteiger partial charge in [-0.1, -0.05) is 0 Å². The molecule has 82 valence electrons. The van der Waals surface area contributed by atoms with Crippen molar-refractivity contribution in [2.75, 3.05) is 40.0 Å². The molecule has 0 unspecified atom stereocenters. The fourth-order valence-corrected chi connectivity index (χ4v) is 1.42. The summed E-state index contributed by atoms with van der Waals surface area (Å²) in [6.45, 7) is 4.22. The van der Waals surface area contributed by atoms with Gasteiger partial charge in [0.05, 0.1) is 20.3 Å². The summed E-state index contributed by atoms with van der Waals surface area (Å²) >= 11 is 0. The van der Waals surface area contributed by atoms with Gasteiger partial charge in [0, 0.05) is 19.6 Å². The van der Waals surface area contributed by atoms with Crippen LogP contribution in [0.3, 0.4) is 0 Å². The lowest BCUT2D eigenvalue weighted by Gasteiger charge is -2.27. The molecule has 0 aromatic rings. The molecule has 0 spiro atoms. The number of esters is 1. The normalized spacial score (nSPS) is 20.4. The molecule has 14 heavy (non-hydrogen) atoms. The molecule has 1 aliphatic heterocycles. The highest BCUT2D eigenvalue weighted by atomic mass is 16.5. The summed E-state index contributed by atoms with van der Waals surface area (Å²) in [5.74, 6) is -0.335. The van der Waals surface area contributed by atoms with E-state index in [-0.39, 0.29) is 5.97 Å². The average molecular weight is 202 g/mol. The Kier molecular flexibility index (Phi) is 4.86. The predicted molar refractivity (Wildman–Crippen MR) is 51.9 cm³/mol. The minimum atomic E-state index is -0.497. The van der Waals surface area contributed by atoms with Gasteiger partial charge in [-0.3, -0.25) is 9.69 Å². The van der Waals surface area contributed by atoms with Crippen molar-refractivity contribution in [2.24, 2.45) is 5.73 Å². The summed E-state index contributed by atoms with van der Waals surface area (Å²) in [5.41, 5.74) is 5.61. The van der Waals surface area contributed by atoms with Crippen LogP contribution in [-0.2, 0) is 14.3 Å². The van der Waals surface area contributed by atoms with Gasteiger partial charge in [0.1, 0.15) is 6.04 Å². The maximum Gasteiger partial charge on any atom is 0.322 e. The maximum atomic E-state index is 11.0. The second kappa shape index (κ2) is 5.95. The molecule has 1 aliphatic rings. The monoisotopic (exact) mass is 202 g/mol. The number of nitrogens with two attached hydrogens (primary N) is 1. The number of rotatable bonds is 4. The third kappa shape index (κ3) is 3.61. The Labute approximate surface area is 84.1 Å². The smallest absolute Gasteiger partial charge is 0.322 e. The summed E-state index contributed by atoms with van der Waals surface area (Å²) in [4.78, 5) is 13.2. The van der Waals surface area contributed by atoms with Crippen LogP contribution in [0, 0.1) is 0 Å². The molecule has 1 fully saturated rings. The van der Waals surface area contributed by atoms with E-state index in [1.165, 1.54) is 7.11 Å². The second-order valence-corrected chi connectivity index (χ2v) is 3.37. The lowest BCUT2D eigenvalue weighted by Crippen LogP contribution is -2.41. The van der Waals surface area contributed by atoms with Crippen molar-refractivity contribution in [3.05, 3.63) is 0 Å². The predicted octanol–water partition coefficient (Wildman–Crippen LogP) is -0.791. The van der Waals surface area contributed by atoms with Crippen LogP contribution < -0.4 is 5.73 Å². The molecule has 0 aromatic carbocycles. The summed E-state index contributed by atoms with van der Waals surface area (Å²) in [5, 5.41) is 0. The van der Waals surface area contributed by atoms with Gasteiger partial charge in [-0.2, -0.15) is 0 Å². The van der Waals surface area contributed by atoms with Crippen molar-refractivity contribution in [2.45, 2.75) is 12.5 Å². The molecule has 0 radical (unpaired) electrons. The first-order valence-corrected chi connectivity index (χ1v) is 4.87. The molecule has 1 saturated heterocycles. The number of nitrogens with zero attached hydrogens (tertiary/aromatic N) is 1. The first-order chi connectivity index (χ1) is 6.74. The van der Waals surface area contributed by atoms with Gasteiger partial charge in [0.25, 0.3) is 0 Å². The summed E-state index contributed by atoms with van der Waals surface area (Å²) in [6.07, 6.45) is 0.646. The van der Waals surface area contributed by atoms with Gasteiger partial charge in [-0.25, -0.2) is 0 Å². The number of hydrogen-bond acceptors (Lipinski definition) is 5. The van der Waals surface area contributed by atoms with Crippen LogP contribution in [0.2, 0.25) is 0 Å². The second-order valence-electron chi connectivity index (χ2n) is 3.37.